The molecule has 1 aromatic heterocycles. The van der Waals surface area contributed by atoms with Crippen molar-refractivity contribution < 1.29 is 4.79 Å². The number of rotatable bonds is 6. The number of aryl methyl sites for hydroxylation is 2. The van der Waals surface area contributed by atoms with Gasteiger partial charge in [-0.05, 0) is 62.6 Å². The Morgan fingerprint density at radius 1 is 1.11 bits per heavy atom. The maximum atomic E-state index is 12.6. The number of ketones is 1. The normalized spacial score (nSPS) is 18.1. The standard InChI is InChI=1S/C21H28N4OS/c1-14-8-10-24(11-9-14)20-22-23-21(25(20)18-6-7-18)27-13-19(26)17-5-4-15(2)16(3)12-17/h4-5,12,14,18H,6-11,13H2,1-3H3. The smallest absolute Gasteiger partial charge is 0.228 e. The minimum atomic E-state index is 0.154. The van der Waals surface area contributed by atoms with Crippen LogP contribution < -0.4 is 4.90 Å². The fourth-order valence-corrected chi connectivity index (χ4v) is 4.47. The predicted octanol–water partition coefficient (Wildman–Crippen LogP) is 4.44. The number of piperidine rings is 1. The number of carbonyl (C=O) groups is 1. The summed E-state index contributed by atoms with van der Waals surface area (Å²) < 4.78 is 2.29. The molecule has 1 saturated heterocycles. The van der Waals surface area contributed by atoms with Gasteiger partial charge in [-0.2, -0.15) is 0 Å². The van der Waals surface area contributed by atoms with E-state index in [0.29, 0.717) is 11.8 Å². The van der Waals surface area contributed by atoms with Gasteiger partial charge in [0.05, 0.1) is 5.75 Å². The van der Waals surface area contributed by atoms with Gasteiger partial charge in [0.1, 0.15) is 0 Å². The molecule has 2 heterocycles. The van der Waals surface area contributed by atoms with E-state index in [1.165, 1.54) is 43.0 Å². The van der Waals surface area contributed by atoms with E-state index in [0.717, 1.165) is 41.2 Å². The lowest BCUT2D eigenvalue weighted by molar-refractivity contribution is 0.102. The van der Waals surface area contributed by atoms with Crippen LogP contribution in [0.5, 0.6) is 0 Å². The lowest BCUT2D eigenvalue weighted by Crippen LogP contribution is -2.34. The Hall–Kier alpha value is -1.82. The van der Waals surface area contributed by atoms with E-state index >= 15 is 0 Å². The highest BCUT2D eigenvalue weighted by atomic mass is 32.2. The van der Waals surface area contributed by atoms with E-state index < -0.39 is 0 Å². The maximum absolute atomic E-state index is 12.6. The van der Waals surface area contributed by atoms with Crippen LogP contribution >= 0.6 is 11.8 Å². The zero-order valence-corrected chi connectivity index (χ0v) is 17.3. The second-order valence-electron chi connectivity index (χ2n) is 8.06. The zero-order chi connectivity index (χ0) is 19.0. The average molecular weight is 385 g/mol. The Morgan fingerprint density at radius 2 is 1.85 bits per heavy atom. The fourth-order valence-electron chi connectivity index (χ4n) is 3.57. The monoisotopic (exact) mass is 384 g/mol. The SMILES string of the molecule is Cc1ccc(C(=O)CSc2nnc(N3CCC(C)CC3)n2C2CC2)cc1C. The summed E-state index contributed by atoms with van der Waals surface area (Å²) >= 11 is 1.53. The summed E-state index contributed by atoms with van der Waals surface area (Å²) in [4.78, 5) is 15.0. The van der Waals surface area contributed by atoms with Gasteiger partial charge in [0, 0.05) is 24.7 Å². The first-order valence-electron chi connectivity index (χ1n) is 9.96. The Bertz CT molecular complexity index is 835. The summed E-state index contributed by atoms with van der Waals surface area (Å²) in [6.45, 7) is 8.55. The second kappa shape index (κ2) is 7.66. The van der Waals surface area contributed by atoms with Crippen molar-refractivity contribution in [2.24, 2.45) is 5.92 Å². The molecule has 6 heteroatoms. The molecule has 0 atom stereocenters. The van der Waals surface area contributed by atoms with Crippen LogP contribution in [-0.2, 0) is 0 Å². The largest absolute Gasteiger partial charge is 0.341 e. The van der Waals surface area contributed by atoms with Gasteiger partial charge in [0.2, 0.25) is 5.95 Å². The Kier molecular flexibility index (Phi) is 5.26. The van der Waals surface area contributed by atoms with Crippen molar-refractivity contribution >= 4 is 23.5 Å². The summed E-state index contributed by atoms with van der Waals surface area (Å²) in [5.74, 6) is 2.36. The van der Waals surface area contributed by atoms with Gasteiger partial charge in [-0.3, -0.25) is 9.36 Å². The molecule has 1 aliphatic carbocycles. The van der Waals surface area contributed by atoms with Crippen molar-refractivity contribution in [3.8, 4) is 0 Å². The van der Waals surface area contributed by atoms with Crippen molar-refractivity contribution in [2.45, 2.75) is 57.7 Å². The molecular formula is C21H28N4OS. The second-order valence-corrected chi connectivity index (χ2v) is 9.01. The molecule has 0 bridgehead atoms. The van der Waals surface area contributed by atoms with Crippen molar-refractivity contribution in [3.05, 3.63) is 34.9 Å². The van der Waals surface area contributed by atoms with Crippen molar-refractivity contribution in [1.82, 2.24) is 14.8 Å². The van der Waals surface area contributed by atoms with Gasteiger partial charge in [-0.1, -0.05) is 30.8 Å². The zero-order valence-electron chi connectivity index (χ0n) is 16.4. The number of nitrogens with zero attached hydrogens (tertiary/aromatic N) is 4. The van der Waals surface area contributed by atoms with Crippen molar-refractivity contribution in [3.63, 3.8) is 0 Å². The molecule has 1 aliphatic heterocycles. The quantitative estimate of drug-likeness (QED) is 0.544. The number of aromatic nitrogens is 3. The van der Waals surface area contributed by atoms with E-state index in [1.54, 1.807) is 0 Å². The highest BCUT2D eigenvalue weighted by Crippen LogP contribution is 2.41. The third kappa shape index (κ3) is 4.05. The molecule has 1 saturated carbocycles. The lowest BCUT2D eigenvalue weighted by atomic mass is 10.00. The number of benzene rings is 1. The van der Waals surface area contributed by atoms with Crippen LogP contribution in [0.25, 0.3) is 0 Å². The molecule has 27 heavy (non-hydrogen) atoms. The molecule has 2 fully saturated rings. The first-order chi connectivity index (χ1) is 13.0. The molecule has 0 radical (unpaired) electrons. The number of hydrogen-bond donors (Lipinski definition) is 0. The molecule has 0 N–H and O–H groups in total. The van der Waals surface area contributed by atoms with Crippen LogP contribution in [0.2, 0.25) is 0 Å². The van der Waals surface area contributed by atoms with Crippen LogP contribution in [0.3, 0.4) is 0 Å². The Morgan fingerprint density at radius 3 is 2.52 bits per heavy atom. The topological polar surface area (TPSA) is 51.0 Å². The van der Waals surface area contributed by atoms with Gasteiger partial charge in [-0.15, -0.1) is 10.2 Å². The average Bonchev–Trinajstić information content (AvgIpc) is 3.42. The first-order valence-corrected chi connectivity index (χ1v) is 10.9. The molecule has 0 unspecified atom stereocenters. The van der Waals surface area contributed by atoms with Gasteiger partial charge < -0.3 is 4.90 Å². The molecule has 0 amide bonds. The maximum Gasteiger partial charge on any atom is 0.228 e. The number of thioether (sulfide) groups is 1. The summed E-state index contributed by atoms with van der Waals surface area (Å²) in [6, 6.07) is 6.45. The molecule has 5 nitrogen and oxygen atoms in total. The summed E-state index contributed by atoms with van der Waals surface area (Å²) in [5.41, 5.74) is 3.16. The van der Waals surface area contributed by atoms with Gasteiger partial charge in [-0.25, -0.2) is 0 Å². The van der Waals surface area contributed by atoms with Gasteiger partial charge in [0.15, 0.2) is 10.9 Å². The number of anilines is 1. The molecular weight excluding hydrogens is 356 g/mol. The predicted molar refractivity (Wildman–Crippen MR) is 110 cm³/mol. The molecule has 4 rings (SSSR count). The molecule has 2 aromatic rings. The Balaban J connectivity index is 1.47. The third-order valence-corrected chi connectivity index (χ3v) is 6.73. The van der Waals surface area contributed by atoms with Gasteiger partial charge >= 0.3 is 0 Å². The summed E-state index contributed by atoms with van der Waals surface area (Å²) in [5, 5.41) is 9.85. The van der Waals surface area contributed by atoms with E-state index in [1.807, 2.05) is 18.2 Å². The van der Waals surface area contributed by atoms with Crippen LogP contribution in [0.1, 0.15) is 60.1 Å². The van der Waals surface area contributed by atoms with E-state index in [2.05, 4.69) is 40.4 Å². The number of hydrogen-bond acceptors (Lipinski definition) is 5. The lowest BCUT2D eigenvalue weighted by Gasteiger charge is -2.31. The summed E-state index contributed by atoms with van der Waals surface area (Å²) in [6.07, 6.45) is 4.80. The van der Waals surface area contributed by atoms with E-state index in [4.69, 9.17) is 0 Å². The molecule has 1 aromatic carbocycles. The van der Waals surface area contributed by atoms with Crippen LogP contribution in [-0.4, -0.2) is 39.4 Å². The minimum Gasteiger partial charge on any atom is -0.341 e. The first kappa shape index (κ1) is 18.5. The molecule has 2 aliphatic rings. The van der Waals surface area contributed by atoms with Crippen molar-refractivity contribution in [2.75, 3.05) is 23.7 Å². The molecule has 144 valence electrons. The van der Waals surface area contributed by atoms with E-state index in [-0.39, 0.29) is 5.78 Å². The fraction of sp³-hybridized carbons (Fsp3) is 0.571. The number of Topliss-reactive ketones (excluding diaryl/α,β-unsaturated/α-hetero) is 1. The van der Waals surface area contributed by atoms with Crippen LogP contribution in [0, 0.1) is 19.8 Å². The van der Waals surface area contributed by atoms with E-state index in [9.17, 15) is 4.79 Å². The van der Waals surface area contributed by atoms with Gasteiger partial charge in [0.25, 0.3) is 0 Å². The van der Waals surface area contributed by atoms with Crippen LogP contribution in [0.4, 0.5) is 5.95 Å². The van der Waals surface area contributed by atoms with Crippen molar-refractivity contribution in [1.29, 1.82) is 0 Å². The number of carbonyl (C=O) groups excluding carboxylic acids is 1. The third-order valence-electron chi connectivity index (χ3n) is 5.79. The minimum absolute atomic E-state index is 0.154. The highest BCUT2D eigenvalue weighted by molar-refractivity contribution is 7.99. The summed E-state index contributed by atoms with van der Waals surface area (Å²) in [7, 11) is 0. The van der Waals surface area contributed by atoms with Crippen LogP contribution in [0.15, 0.2) is 23.4 Å². The highest BCUT2D eigenvalue weighted by Gasteiger charge is 2.32. The molecule has 0 spiro atoms. The Labute approximate surface area is 165 Å².